The highest BCUT2D eigenvalue weighted by Crippen LogP contribution is 2.41. The lowest BCUT2D eigenvalue weighted by Gasteiger charge is -2.28. The molecule has 0 spiro atoms. The number of fused-ring (bicyclic) bond motifs is 3. The van der Waals surface area contributed by atoms with Crippen LogP contribution in [0.4, 0.5) is 10.1 Å². The van der Waals surface area contributed by atoms with Crippen LogP contribution in [0.3, 0.4) is 0 Å². The van der Waals surface area contributed by atoms with Gasteiger partial charge >= 0.3 is 0 Å². The molecular weight excluding hydrogens is 371 g/mol. The summed E-state index contributed by atoms with van der Waals surface area (Å²) in [5.41, 5.74) is 8.51. The summed E-state index contributed by atoms with van der Waals surface area (Å²) in [4.78, 5) is 5.87. The monoisotopic (exact) mass is 400 g/mol. The Morgan fingerprint density at radius 1 is 1.03 bits per heavy atom. The zero-order valence-corrected chi connectivity index (χ0v) is 17.9. The summed E-state index contributed by atoms with van der Waals surface area (Å²) in [5, 5.41) is 1.02. The number of H-pyrrole nitrogens is 1. The Balaban J connectivity index is 1.52. The molecular formula is C27H29FN2. The maximum Gasteiger partial charge on any atom is 0.155 e. The summed E-state index contributed by atoms with van der Waals surface area (Å²) in [6.07, 6.45) is 9.95. The first-order valence-corrected chi connectivity index (χ1v) is 11.2. The number of benzene rings is 2. The van der Waals surface area contributed by atoms with Crippen molar-refractivity contribution in [3.8, 4) is 11.1 Å². The molecule has 2 aromatic carbocycles. The zero-order chi connectivity index (χ0) is 20.7. The molecule has 3 heteroatoms. The lowest BCUT2D eigenvalue weighted by molar-refractivity contribution is 0.578. The number of halogens is 1. The molecule has 3 aromatic rings. The van der Waals surface area contributed by atoms with Crippen molar-refractivity contribution in [1.82, 2.24) is 4.98 Å². The Morgan fingerprint density at radius 3 is 2.50 bits per heavy atom. The quantitative estimate of drug-likeness (QED) is 0.488. The predicted molar refractivity (Wildman–Crippen MR) is 125 cm³/mol. The van der Waals surface area contributed by atoms with Crippen LogP contribution in [0.25, 0.3) is 27.6 Å². The highest BCUT2D eigenvalue weighted by Gasteiger charge is 2.25. The number of rotatable bonds is 4. The van der Waals surface area contributed by atoms with Gasteiger partial charge in [-0.3, -0.25) is 0 Å². The van der Waals surface area contributed by atoms with Gasteiger partial charge in [0.05, 0.1) is 5.52 Å². The molecule has 0 amide bonds. The minimum atomic E-state index is -0.143. The molecule has 1 aliphatic carbocycles. The first kappa shape index (κ1) is 19.2. The number of aromatic nitrogens is 1. The fraction of sp³-hybridized carbons (Fsp3) is 0.333. The zero-order valence-electron chi connectivity index (χ0n) is 17.9. The van der Waals surface area contributed by atoms with E-state index in [1.807, 2.05) is 13.0 Å². The molecule has 0 radical (unpaired) electrons. The molecule has 30 heavy (non-hydrogen) atoms. The normalized spacial score (nSPS) is 16.8. The van der Waals surface area contributed by atoms with Crippen LogP contribution in [0, 0.1) is 5.82 Å². The summed E-state index contributed by atoms with van der Waals surface area (Å²) in [7, 11) is 0. The predicted octanol–water partition coefficient (Wildman–Crippen LogP) is 7.26. The van der Waals surface area contributed by atoms with Crippen molar-refractivity contribution < 1.29 is 4.39 Å². The summed E-state index contributed by atoms with van der Waals surface area (Å²) in [6.45, 7) is 6.46. The summed E-state index contributed by atoms with van der Waals surface area (Å²) < 4.78 is 15.6. The molecule has 0 unspecified atom stereocenters. The van der Waals surface area contributed by atoms with E-state index < -0.39 is 0 Å². The van der Waals surface area contributed by atoms with E-state index >= 15 is 4.39 Å². The lowest BCUT2D eigenvalue weighted by Crippen LogP contribution is -2.29. The van der Waals surface area contributed by atoms with E-state index in [2.05, 4.69) is 59.3 Å². The van der Waals surface area contributed by atoms with Crippen LogP contribution in [0.15, 0.2) is 54.1 Å². The summed E-state index contributed by atoms with van der Waals surface area (Å²) in [5.74, 6) is -0.143. The van der Waals surface area contributed by atoms with Crippen LogP contribution in [-0.2, 0) is 6.42 Å². The molecule has 0 saturated carbocycles. The molecule has 1 aromatic heterocycles. The average Bonchev–Trinajstić information content (AvgIpc) is 3.31. The van der Waals surface area contributed by atoms with Crippen molar-refractivity contribution in [1.29, 1.82) is 0 Å². The van der Waals surface area contributed by atoms with Gasteiger partial charge in [-0.25, -0.2) is 4.39 Å². The molecule has 1 saturated heterocycles. The van der Waals surface area contributed by atoms with Crippen molar-refractivity contribution in [2.45, 2.75) is 46.0 Å². The first-order chi connectivity index (χ1) is 14.7. The minimum Gasteiger partial charge on any atom is -0.372 e. The maximum absolute atomic E-state index is 15.6. The highest BCUT2D eigenvalue weighted by atomic mass is 19.1. The van der Waals surface area contributed by atoms with Gasteiger partial charge in [0, 0.05) is 41.8 Å². The van der Waals surface area contributed by atoms with Crippen molar-refractivity contribution in [2.24, 2.45) is 0 Å². The van der Waals surface area contributed by atoms with Crippen LogP contribution in [0.2, 0.25) is 0 Å². The fourth-order valence-corrected chi connectivity index (χ4v) is 5.18. The van der Waals surface area contributed by atoms with E-state index in [1.165, 1.54) is 41.7 Å². The minimum absolute atomic E-state index is 0.143. The van der Waals surface area contributed by atoms with Crippen molar-refractivity contribution in [2.75, 3.05) is 18.0 Å². The smallest absolute Gasteiger partial charge is 0.155 e. The lowest BCUT2D eigenvalue weighted by atomic mass is 10.0. The van der Waals surface area contributed by atoms with Gasteiger partial charge in [-0.2, -0.15) is 0 Å². The number of nitrogens with one attached hydrogen (secondary N) is 1. The molecule has 2 aliphatic rings. The van der Waals surface area contributed by atoms with Gasteiger partial charge in [0.15, 0.2) is 5.82 Å². The number of piperidine rings is 1. The van der Waals surface area contributed by atoms with E-state index in [1.54, 1.807) is 0 Å². The Morgan fingerprint density at radius 2 is 1.80 bits per heavy atom. The fourth-order valence-electron chi connectivity index (χ4n) is 5.18. The van der Waals surface area contributed by atoms with E-state index in [9.17, 15) is 0 Å². The van der Waals surface area contributed by atoms with Gasteiger partial charge in [0.2, 0.25) is 0 Å². The molecule has 1 aliphatic heterocycles. The third-order valence-electron chi connectivity index (χ3n) is 6.70. The van der Waals surface area contributed by atoms with E-state index in [4.69, 9.17) is 0 Å². The molecule has 2 nitrogen and oxygen atoms in total. The van der Waals surface area contributed by atoms with Crippen molar-refractivity contribution >= 4 is 22.2 Å². The average molecular weight is 401 g/mol. The molecule has 154 valence electrons. The number of nitrogens with zero attached hydrogens (tertiary/aromatic N) is 1. The second kappa shape index (κ2) is 7.79. The van der Waals surface area contributed by atoms with E-state index in [0.717, 1.165) is 42.6 Å². The summed E-state index contributed by atoms with van der Waals surface area (Å²) >= 11 is 0. The molecule has 0 bridgehead atoms. The van der Waals surface area contributed by atoms with Crippen molar-refractivity contribution in [3.05, 3.63) is 71.2 Å². The molecule has 2 heterocycles. The highest BCUT2D eigenvalue weighted by molar-refractivity contribution is 5.96. The van der Waals surface area contributed by atoms with E-state index in [-0.39, 0.29) is 5.82 Å². The van der Waals surface area contributed by atoms with E-state index in [0.29, 0.717) is 11.1 Å². The van der Waals surface area contributed by atoms with Crippen LogP contribution >= 0.6 is 0 Å². The van der Waals surface area contributed by atoms with Gasteiger partial charge in [-0.15, -0.1) is 0 Å². The van der Waals surface area contributed by atoms with Gasteiger partial charge < -0.3 is 9.88 Å². The Hall–Kier alpha value is -2.81. The van der Waals surface area contributed by atoms with Gasteiger partial charge in [-0.1, -0.05) is 43.3 Å². The molecule has 0 atom stereocenters. The number of anilines is 1. The van der Waals surface area contributed by atoms with Crippen LogP contribution < -0.4 is 4.90 Å². The molecule has 1 N–H and O–H groups in total. The second-order valence-electron chi connectivity index (χ2n) is 8.46. The van der Waals surface area contributed by atoms with Gasteiger partial charge in [-0.05, 0) is 67.0 Å². The van der Waals surface area contributed by atoms with Crippen LogP contribution in [0.1, 0.15) is 50.8 Å². The van der Waals surface area contributed by atoms with Gasteiger partial charge in [0.25, 0.3) is 0 Å². The Kier molecular flexibility index (Phi) is 4.98. The summed E-state index contributed by atoms with van der Waals surface area (Å²) in [6, 6.07) is 12.4. The van der Waals surface area contributed by atoms with Crippen molar-refractivity contribution in [3.63, 3.8) is 0 Å². The third kappa shape index (κ3) is 3.08. The third-order valence-corrected chi connectivity index (χ3v) is 6.70. The van der Waals surface area contributed by atoms with Gasteiger partial charge in [0.1, 0.15) is 0 Å². The van der Waals surface area contributed by atoms with Crippen LogP contribution in [-0.4, -0.2) is 18.1 Å². The first-order valence-electron chi connectivity index (χ1n) is 11.2. The topological polar surface area (TPSA) is 19.0 Å². The Labute approximate surface area is 178 Å². The maximum atomic E-state index is 15.6. The SMILES string of the molecule is C/C=C\C1=C(CC)c2[nH]c3c(F)c(-c4ccc(N5CCCCC5)cc4)ccc3c2C1. The number of hydrogen-bond donors (Lipinski definition) is 1. The number of aromatic amines is 1. The number of allylic oxidation sites excluding steroid dienone is 4. The molecule has 5 rings (SSSR count). The molecule has 1 fully saturated rings. The number of hydrogen-bond acceptors (Lipinski definition) is 1. The Bertz CT molecular complexity index is 1140. The largest absolute Gasteiger partial charge is 0.372 e. The second-order valence-corrected chi connectivity index (χ2v) is 8.46. The standard InChI is InChI=1S/C27H29FN2/c1-3-8-19-17-24-23-14-13-22(25(28)27(23)29-26(24)21(19)4-2)18-9-11-20(12-10-18)30-15-6-5-7-16-30/h3,8-14,29H,4-7,15-17H2,1-2H3/b8-3-. The van der Waals surface area contributed by atoms with Crippen LogP contribution in [0.5, 0.6) is 0 Å².